The number of nitrogens with zero attached hydrogens (tertiary/aromatic N) is 3. The third-order valence-electron chi connectivity index (χ3n) is 5.14. The number of amides is 1. The zero-order valence-corrected chi connectivity index (χ0v) is 20.2. The lowest BCUT2D eigenvalue weighted by Crippen LogP contribution is -2.28. The maximum Gasteiger partial charge on any atom is 0.266 e. The first-order chi connectivity index (χ1) is 14.9. The van der Waals surface area contributed by atoms with Crippen molar-refractivity contribution in [3.63, 3.8) is 0 Å². The van der Waals surface area contributed by atoms with E-state index in [1.807, 2.05) is 50.3 Å². The number of fused-ring (bicyclic) bond motifs is 1. The third kappa shape index (κ3) is 4.06. The molecule has 0 radical (unpaired) electrons. The number of carbonyl (C=O) groups excluding carboxylic acids is 1. The number of rotatable bonds is 4. The largest absolute Gasteiger partial charge is 0.333 e. The Kier molecular flexibility index (Phi) is 6.29. The van der Waals surface area contributed by atoms with Crippen LogP contribution in [0.3, 0.4) is 0 Å². The van der Waals surface area contributed by atoms with Crippen LogP contribution in [0, 0.1) is 19.3 Å². The standard InChI is InChI=1S/C24H19BrClN3OS/c1-4-12-29-15(3)18(17-8-6-7-9-21(17)29)14-22-23(30)28(5-2)24(31-22)27-16-10-11-19(25)20(26)13-16/h1,6-11,13-14H,5,12H2,2-3H3/b22-14+,27-24?. The number of para-hydroxylation sites is 1. The average Bonchev–Trinajstić information content (AvgIpc) is 3.20. The smallest absolute Gasteiger partial charge is 0.266 e. The molecular formula is C24H19BrClN3OS. The Labute approximate surface area is 199 Å². The van der Waals surface area contributed by atoms with Crippen molar-refractivity contribution in [2.75, 3.05) is 6.54 Å². The molecule has 1 amide bonds. The van der Waals surface area contributed by atoms with Crippen LogP contribution in [0.5, 0.6) is 0 Å². The van der Waals surface area contributed by atoms with Gasteiger partial charge in [0.15, 0.2) is 5.17 Å². The summed E-state index contributed by atoms with van der Waals surface area (Å²) in [5, 5.41) is 2.29. The van der Waals surface area contributed by atoms with Gasteiger partial charge in [-0.25, -0.2) is 4.99 Å². The zero-order chi connectivity index (χ0) is 22.1. The van der Waals surface area contributed by atoms with Crippen molar-refractivity contribution in [2.45, 2.75) is 20.4 Å². The number of terminal acetylenes is 1. The summed E-state index contributed by atoms with van der Waals surface area (Å²) < 4.78 is 2.91. The zero-order valence-electron chi connectivity index (χ0n) is 17.0. The highest BCUT2D eigenvalue weighted by molar-refractivity contribution is 9.10. The van der Waals surface area contributed by atoms with Gasteiger partial charge in [0.05, 0.1) is 22.2 Å². The lowest BCUT2D eigenvalue weighted by Gasteiger charge is -2.12. The second-order valence-electron chi connectivity index (χ2n) is 6.96. The monoisotopic (exact) mass is 511 g/mol. The van der Waals surface area contributed by atoms with Crippen LogP contribution in [0.1, 0.15) is 18.2 Å². The molecule has 0 saturated carbocycles. The molecule has 2 heterocycles. The Morgan fingerprint density at radius 2 is 2.06 bits per heavy atom. The quantitative estimate of drug-likeness (QED) is 0.291. The summed E-state index contributed by atoms with van der Waals surface area (Å²) in [6, 6.07) is 13.6. The first kappa shape index (κ1) is 21.8. The predicted octanol–water partition coefficient (Wildman–Crippen LogP) is 6.62. The summed E-state index contributed by atoms with van der Waals surface area (Å²) in [4.78, 5) is 20.1. The third-order valence-corrected chi connectivity index (χ3v) is 7.38. The highest BCUT2D eigenvalue weighted by Crippen LogP contribution is 2.37. The normalized spacial score (nSPS) is 16.6. The second-order valence-corrected chi connectivity index (χ2v) is 9.23. The Hall–Kier alpha value is -2.46. The first-order valence-electron chi connectivity index (χ1n) is 9.71. The number of halogens is 2. The van der Waals surface area contributed by atoms with Gasteiger partial charge in [-0.2, -0.15) is 0 Å². The number of carbonyl (C=O) groups is 1. The molecule has 3 aromatic rings. The summed E-state index contributed by atoms with van der Waals surface area (Å²) in [5.74, 6) is 2.67. The van der Waals surface area contributed by atoms with E-state index in [0.29, 0.717) is 33.9 Å². The number of hydrogen-bond donors (Lipinski definition) is 0. The fraction of sp³-hybridized carbons (Fsp3) is 0.167. The molecule has 4 rings (SSSR count). The van der Waals surface area contributed by atoms with Gasteiger partial charge in [0.2, 0.25) is 0 Å². The van der Waals surface area contributed by atoms with Crippen molar-refractivity contribution in [3.8, 4) is 12.3 Å². The summed E-state index contributed by atoms with van der Waals surface area (Å²) in [6.07, 6.45) is 7.54. The molecule has 0 bridgehead atoms. The van der Waals surface area contributed by atoms with Gasteiger partial charge in [0.1, 0.15) is 0 Å². The number of benzene rings is 2. The minimum absolute atomic E-state index is 0.0531. The van der Waals surface area contributed by atoms with Crippen molar-refractivity contribution in [2.24, 2.45) is 4.99 Å². The maximum atomic E-state index is 13.1. The molecule has 31 heavy (non-hydrogen) atoms. The average molecular weight is 513 g/mol. The Morgan fingerprint density at radius 1 is 1.29 bits per heavy atom. The molecule has 156 valence electrons. The molecule has 4 nitrogen and oxygen atoms in total. The predicted molar refractivity (Wildman–Crippen MR) is 135 cm³/mol. The molecule has 1 fully saturated rings. The Balaban J connectivity index is 1.78. The second kappa shape index (κ2) is 8.96. The van der Waals surface area contributed by atoms with Crippen LogP contribution in [0.4, 0.5) is 5.69 Å². The molecule has 1 aromatic heterocycles. The van der Waals surface area contributed by atoms with Gasteiger partial charge in [-0.1, -0.05) is 35.7 Å². The number of aliphatic imine (C=N–C) groups is 1. The topological polar surface area (TPSA) is 37.6 Å². The molecule has 0 aliphatic carbocycles. The van der Waals surface area contributed by atoms with Gasteiger partial charge in [0, 0.05) is 33.2 Å². The molecule has 2 aromatic carbocycles. The van der Waals surface area contributed by atoms with E-state index in [1.165, 1.54) is 11.8 Å². The number of aromatic nitrogens is 1. The van der Waals surface area contributed by atoms with Gasteiger partial charge in [-0.15, -0.1) is 6.42 Å². The van der Waals surface area contributed by atoms with Gasteiger partial charge < -0.3 is 4.57 Å². The van der Waals surface area contributed by atoms with Crippen molar-refractivity contribution >= 4 is 73.0 Å². The van der Waals surface area contributed by atoms with Crippen molar-refractivity contribution < 1.29 is 4.79 Å². The van der Waals surface area contributed by atoms with Crippen LogP contribution in [-0.2, 0) is 11.3 Å². The fourth-order valence-electron chi connectivity index (χ4n) is 3.60. The summed E-state index contributed by atoms with van der Waals surface area (Å²) in [6.45, 7) is 4.98. The molecule has 1 aliphatic heterocycles. The van der Waals surface area contributed by atoms with Crippen LogP contribution in [-0.4, -0.2) is 27.1 Å². The molecule has 0 unspecified atom stereocenters. The van der Waals surface area contributed by atoms with E-state index in [-0.39, 0.29) is 5.91 Å². The minimum atomic E-state index is -0.0531. The molecule has 7 heteroatoms. The van der Waals surface area contributed by atoms with Gasteiger partial charge in [0.25, 0.3) is 5.91 Å². The van der Waals surface area contributed by atoms with Crippen LogP contribution in [0.2, 0.25) is 5.02 Å². The van der Waals surface area contributed by atoms with Gasteiger partial charge in [-0.05, 0) is 71.9 Å². The number of likely N-dealkylation sites (N-methyl/N-ethyl adjacent to an activating group) is 1. The van der Waals surface area contributed by atoms with Crippen molar-refractivity contribution in [3.05, 3.63) is 68.1 Å². The molecule has 0 spiro atoms. The first-order valence-corrected chi connectivity index (χ1v) is 11.7. The molecule has 1 aliphatic rings. The van der Waals surface area contributed by atoms with Crippen molar-refractivity contribution in [1.29, 1.82) is 0 Å². The van der Waals surface area contributed by atoms with E-state index in [0.717, 1.165) is 26.6 Å². The van der Waals surface area contributed by atoms with E-state index < -0.39 is 0 Å². The van der Waals surface area contributed by atoms with Crippen molar-refractivity contribution in [1.82, 2.24) is 9.47 Å². The lowest BCUT2D eigenvalue weighted by atomic mass is 10.1. The van der Waals surface area contributed by atoms with Gasteiger partial charge in [-0.3, -0.25) is 9.69 Å². The van der Waals surface area contributed by atoms with Crippen LogP contribution < -0.4 is 0 Å². The summed E-state index contributed by atoms with van der Waals surface area (Å²) in [5.41, 5.74) is 3.80. The Bertz CT molecular complexity index is 1300. The fourth-order valence-corrected chi connectivity index (χ4v) is 5.07. The Morgan fingerprint density at radius 3 is 2.77 bits per heavy atom. The lowest BCUT2D eigenvalue weighted by molar-refractivity contribution is -0.122. The number of hydrogen-bond acceptors (Lipinski definition) is 3. The van der Waals surface area contributed by atoms with Gasteiger partial charge >= 0.3 is 0 Å². The molecule has 1 saturated heterocycles. The molecular weight excluding hydrogens is 494 g/mol. The highest BCUT2D eigenvalue weighted by atomic mass is 79.9. The van der Waals surface area contributed by atoms with E-state index in [2.05, 4.69) is 37.5 Å². The molecule has 0 atom stereocenters. The van der Waals surface area contributed by atoms with E-state index >= 15 is 0 Å². The SMILES string of the molecule is C#CCn1c(C)c(/C=C2/SC(=Nc3ccc(Br)c(Cl)c3)N(CC)C2=O)c2ccccc21. The van der Waals surface area contributed by atoms with Crippen LogP contribution in [0.15, 0.2) is 56.8 Å². The summed E-state index contributed by atoms with van der Waals surface area (Å²) in [7, 11) is 0. The highest BCUT2D eigenvalue weighted by Gasteiger charge is 2.32. The number of thioether (sulfide) groups is 1. The van der Waals surface area contributed by atoms with E-state index in [4.69, 9.17) is 18.0 Å². The van der Waals surface area contributed by atoms with Crippen LogP contribution >= 0.6 is 39.3 Å². The number of amidine groups is 1. The summed E-state index contributed by atoms with van der Waals surface area (Å²) >= 11 is 11.0. The minimum Gasteiger partial charge on any atom is -0.333 e. The van der Waals surface area contributed by atoms with E-state index in [9.17, 15) is 4.79 Å². The molecule has 0 N–H and O–H groups in total. The maximum absolute atomic E-state index is 13.1. The van der Waals surface area contributed by atoms with Crippen LogP contribution in [0.25, 0.3) is 17.0 Å². The van der Waals surface area contributed by atoms with E-state index in [1.54, 1.807) is 11.0 Å².